The number of ether oxygens (including phenoxy) is 8. The minimum Gasteiger partial charge on any atom is -0.467 e. The van der Waals surface area contributed by atoms with Crippen LogP contribution in [0.3, 0.4) is 0 Å². The maximum absolute atomic E-state index is 13.7. The Morgan fingerprint density at radius 1 is 0.703 bits per heavy atom. The number of nitrogens with zero attached hydrogens (tertiary/aromatic N) is 1. The van der Waals surface area contributed by atoms with E-state index in [-0.39, 0.29) is 42.5 Å². The Balaban J connectivity index is 1.17. The molecular formula is C52H56N4O18. The maximum atomic E-state index is 13.7. The van der Waals surface area contributed by atoms with Crippen LogP contribution in [-0.2, 0) is 75.0 Å². The summed E-state index contributed by atoms with van der Waals surface area (Å²) < 4.78 is 43.7. The fourth-order valence-corrected chi connectivity index (χ4v) is 8.63. The third kappa shape index (κ3) is 14.0. The van der Waals surface area contributed by atoms with Crippen LogP contribution >= 0.6 is 0 Å². The van der Waals surface area contributed by atoms with E-state index >= 15 is 0 Å². The average molecular weight is 1030 g/mol. The molecule has 392 valence electrons. The first-order valence-electron chi connectivity index (χ1n) is 23.4. The van der Waals surface area contributed by atoms with E-state index in [1.807, 2.05) is 48.5 Å². The molecule has 2 aliphatic rings. The van der Waals surface area contributed by atoms with Crippen LogP contribution in [0.25, 0.3) is 11.1 Å². The van der Waals surface area contributed by atoms with Gasteiger partial charge < -0.3 is 53.8 Å². The Bertz CT molecular complexity index is 2720. The van der Waals surface area contributed by atoms with Crippen LogP contribution in [0.15, 0.2) is 91.0 Å². The van der Waals surface area contributed by atoms with Gasteiger partial charge in [0.1, 0.15) is 31.0 Å². The number of non-ortho nitro benzene ring substituents is 1. The molecule has 0 saturated carbocycles. The highest BCUT2D eigenvalue weighted by Gasteiger charge is 2.54. The van der Waals surface area contributed by atoms with Gasteiger partial charge in [-0.3, -0.25) is 34.1 Å². The number of carbonyl (C=O) groups is 8. The number of esters is 4. The number of fused-ring (bicyclic) bond motifs is 3. The van der Waals surface area contributed by atoms with Gasteiger partial charge in [0.05, 0.1) is 18.1 Å². The molecule has 22 heteroatoms. The van der Waals surface area contributed by atoms with Crippen molar-refractivity contribution in [3.63, 3.8) is 0 Å². The van der Waals surface area contributed by atoms with E-state index in [1.165, 1.54) is 37.3 Å². The van der Waals surface area contributed by atoms with Gasteiger partial charge in [-0.2, -0.15) is 0 Å². The molecule has 0 radical (unpaired) electrons. The molecule has 0 unspecified atom stereocenters. The van der Waals surface area contributed by atoms with Gasteiger partial charge in [0.2, 0.25) is 11.8 Å². The van der Waals surface area contributed by atoms with Crippen LogP contribution in [0.2, 0.25) is 0 Å². The van der Waals surface area contributed by atoms with E-state index in [9.17, 15) is 48.5 Å². The Hall–Kier alpha value is -8.40. The second-order valence-corrected chi connectivity index (χ2v) is 17.7. The third-order valence-corrected chi connectivity index (χ3v) is 12.1. The number of aryl methyl sites for hydroxylation is 1. The Morgan fingerprint density at radius 2 is 1.30 bits per heavy atom. The molecule has 3 amide bonds. The zero-order valence-electron chi connectivity index (χ0n) is 41.5. The molecule has 4 aromatic carbocycles. The number of amides is 3. The van der Waals surface area contributed by atoms with Crippen molar-refractivity contribution in [3.8, 4) is 16.9 Å². The van der Waals surface area contributed by atoms with Crippen LogP contribution in [0.1, 0.15) is 76.1 Å². The molecule has 0 bridgehead atoms. The summed E-state index contributed by atoms with van der Waals surface area (Å²) in [4.78, 5) is 114. The molecule has 3 N–H and O–H groups in total. The first kappa shape index (κ1) is 54.9. The Labute approximate surface area is 424 Å². The molecule has 4 aromatic rings. The lowest BCUT2D eigenvalue weighted by Gasteiger charge is -2.43. The number of nitrogens with one attached hydrogen (secondary N) is 3. The molecule has 6 rings (SSSR count). The van der Waals surface area contributed by atoms with Gasteiger partial charge in [-0.1, -0.05) is 68.4 Å². The lowest BCUT2D eigenvalue weighted by Crippen LogP contribution is -2.63. The fourth-order valence-electron chi connectivity index (χ4n) is 8.63. The normalized spacial score (nSPS) is 18.5. The molecule has 74 heavy (non-hydrogen) atoms. The van der Waals surface area contributed by atoms with E-state index < -0.39 is 108 Å². The van der Waals surface area contributed by atoms with Crippen molar-refractivity contribution < 1.29 is 81.2 Å². The highest BCUT2D eigenvalue weighted by atomic mass is 16.7. The molecule has 1 aliphatic carbocycles. The smallest absolute Gasteiger partial charge is 0.467 e. The second kappa shape index (κ2) is 24.8. The van der Waals surface area contributed by atoms with Crippen molar-refractivity contribution in [1.29, 1.82) is 0 Å². The van der Waals surface area contributed by atoms with Crippen molar-refractivity contribution >= 4 is 59.3 Å². The van der Waals surface area contributed by atoms with Crippen molar-refractivity contribution in [2.45, 2.75) is 110 Å². The van der Waals surface area contributed by atoms with E-state index in [4.69, 9.17) is 37.9 Å². The molecule has 0 spiro atoms. The van der Waals surface area contributed by atoms with Crippen LogP contribution in [0.4, 0.5) is 21.0 Å². The predicted octanol–water partition coefficient (Wildman–Crippen LogP) is 5.99. The lowest BCUT2D eigenvalue weighted by molar-refractivity contribution is -0.384. The number of methoxy groups -OCH3 is 1. The summed E-state index contributed by atoms with van der Waals surface area (Å²) in [5.74, 6) is -5.60. The van der Waals surface area contributed by atoms with E-state index in [1.54, 1.807) is 13.8 Å². The largest absolute Gasteiger partial charge is 0.514 e. The number of alkyl carbamates (subject to hydrolysis) is 1. The first-order valence-corrected chi connectivity index (χ1v) is 23.4. The summed E-state index contributed by atoms with van der Waals surface area (Å²) in [5.41, 5.74) is 4.83. The van der Waals surface area contributed by atoms with E-state index in [0.29, 0.717) is 11.1 Å². The van der Waals surface area contributed by atoms with Gasteiger partial charge in [0.15, 0.2) is 24.4 Å². The number of anilines is 1. The Kier molecular flexibility index (Phi) is 18.4. The number of benzene rings is 4. The summed E-state index contributed by atoms with van der Waals surface area (Å²) in [6.45, 7) is 7.66. The molecular weight excluding hydrogens is 969 g/mol. The zero-order chi connectivity index (χ0) is 53.8. The quantitative estimate of drug-likeness (QED) is 0.0320. The van der Waals surface area contributed by atoms with Gasteiger partial charge in [0, 0.05) is 44.5 Å². The molecule has 0 aromatic heterocycles. The summed E-state index contributed by atoms with van der Waals surface area (Å²) in [5, 5.41) is 19.1. The zero-order valence-corrected chi connectivity index (χ0v) is 41.5. The standard InChI is InChI=1S/C52H56N4O18/c1-27(2)43(55-51(63)68-26-41-39-14-10-8-12-37(39)38-13-9-11-15-40(38)41)49(61)53-28(3)48(60)54-34-18-16-33(25-69-52(64)73-36-21-19-35(20-22-36)56(65)66)32(24-34)17-23-42-44(70-29(4)57)45(71-30(5)58)46(72-31(6)59)47(74-42)50(62)67-7/h8-16,18-22,24,27-28,41-47H,17,23,25-26H2,1-7H3,(H,53,61)(H,54,60)(H,55,63)/t28-,42-,43-,44-,45+,46-,47-/m0/s1. The topological polar surface area (TPSA) is 290 Å². The molecule has 7 atom stereocenters. The molecule has 22 nitrogen and oxygen atoms in total. The Morgan fingerprint density at radius 3 is 1.88 bits per heavy atom. The second-order valence-electron chi connectivity index (χ2n) is 17.7. The highest BCUT2D eigenvalue weighted by Crippen LogP contribution is 2.44. The van der Waals surface area contributed by atoms with E-state index in [0.717, 1.165) is 62.3 Å². The number of hydrogen-bond donors (Lipinski definition) is 3. The SMILES string of the molecule is COC(=O)[C@H]1O[C@@H](CCc2cc(NC(=O)[C@H](C)NC(=O)[C@@H](NC(=O)OCC3c4ccccc4-c4ccccc43)C(C)C)ccc2COC(=O)Oc2ccc([N+](=O)[O-])cc2)[C@H](OC(C)=O)[C@@H](OC(C)=O)[C@@H]1OC(C)=O. The minimum atomic E-state index is -1.66. The van der Waals surface area contributed by atoms with Crippen molar-refractivity contribution in [2.75, 3.05) is 19.0 Å². The summed E-state index contributed by atoms with van der Waals surface area (Å²) in [6.07, 6.45) is -9.65. The minimum absolute atomic E-state index is 0.0179. The summed E-state index contributed by atoms with van der Waals surface area (Å²) >= 11 is 0. The molecule has 1 saturated heterocycles. The lowest BCUT2D eigenvalue weighted by atomic mass is 9.90. The predicted molar refractivity (Wildman–Crippen MR) is 259 cm³/mol. The van der Waals surface area contributed by atoms with Crippen LogP contribution in [0.5, 0.6) is 5.75 Å². The van der Waals surface area contributed by atoms with Gasteiger partial charge in [0.25, 0.3) is 5.69 Å². The van der Waals surface area contributed by atoms with Crippen LogP contribution in [-0.4, -0.2) is 109 Å². The van der Waals surface area contributed by atoms with Crippen LogP contribution in [0, 0.1) is 16.0 Å². The van der Waals surface area contributed by atoms with Gasteiger partial charge in [-0.25, -0.2) is 14.4 Å². The monoisotopic (exact) mass is 1020 g/mol. The summed E-state index contributed by atoms with van der Waals surface area (Å²) in [6, 6.07) is 22.7. The molecule has 1 aliphatic heterocycles. The van der Waals surface area contributed by atoms with Gasteiger partial charge in [-0.15, -0.1) is 0 Å². The van der Waals surface area contributed by atoms with Crippen molar-refractivity contribution in [3.05, 3.63) is 123 Å². The fraction of sp³-hybridized carbons (Fsp3) is 0.385. The van der Waals surface area contributed by atoms with Gasteiger partial charge in [-0.05, 0) is 83.3 Å². The molecule has 1 heterocycles. The number of nitro groups is 1. The number of carbonyl (C=O) groups excluding carboxylic acids is 8. The third-order valence-electron chi connectivity index (χ3n) is 12.1. The summed E-state index contributed by atoms with van der Waals surface area (Å²) in [7, 11) is 1.06. The number of hydrogen-bond acceptors (Lipinski definition) is 18. The maximum Gasteiger partial charge on any atom is 0.514 e. The highest BCUT2D eigenvalue weighted by molar-refractivity contribution is 5.98. The average Bonchev–Trinajstić information content (AvgIpc) is 3.67. The number of rotatable bonds is 19. The van der Waals surface area contributed by atoms with E-state index in [2.05, 4.69) is 16.0 Å². The first-order chi connectivity index (χ1) is 35.2. The van der Waals surface area contributed by atoms with Crippen LogP contribution < -0.4 is 20.7 Å². The van der Waals surface area contributed by atoms with Crippen molar-refractivity contribution in [1.82, 2.24) is 10.6 Å². The number of nitro benzene ring substituents is 1. The molecule has 1 fully saturated rings. The van der Waals surface area contributed by atoms with Crippen molar-refractivity contribution in [2.24, 2.45) is 5.92 Å². The van der Waals surface area contributed by atoms with Gasteiger partial charge >= 0.3 is 36.1 Å².